The monoisotopic (exact) mass is 395 g/mol. The summed E-state index contributed by atoms with van der Waals surface area (Å²) in [4.78, 5) is 33.1. The first-order chi connectivity index (χ1) is 14.1. The number of amides is 2. The predicted octanol–water partition coefficient (Wildman–Crippen LogP) is 0.875. The minimum absolute atomic E-state index is 0.0987. The van der Waals surface area contributed by atoms with Gasteiger partial charge in [-0.2, -0.15) is 9.61 Å². The Morgan fingerprint density at radius 1 is 1.21 bits per heavy atom. The molecule has 0 spiro atoms. The van der Waals surface area contributed by atoms with Crippen LogP contribution in [0.5, 0.6) is 0 Å². The number of carbonyl (C=O) groups is 2. The van der Waals surface area contributed by atoms with Crippen LogP contribution in [-0.2, 0) is 9.59 Å². The van der Waals surface area contributed by atoms with Crippen LogP contribution in [0.3, 0.4) is 0 Å². The molecule has 0 bridgehead atoms. The van der Waals surface area contributed by atoms with Crippen LogP contribution in [0, 0.1) is 0 Å². The second-order valence-corrected chi connectivity index (χ2v) is 8.12. The second-order valence-electron chi connectivity index (χ2n) is 8.12. The lowest BCUT2D eigenvalue weighted by Crippen LogP contribution is -2.29. The summed E-state index contributed by atoms with van der Waals surface area (Å²) >= 11 is 0. The standard InChI is InChI=1S/C20H25N7O2/c1-25-5-2-6-26(8-7-25)16-11-17(22-15-3-4-15)27-19(23-16)14(12-21-27)9-13-10-18(28)24-20(13)29/h9,11-12,15,22H,2-8,10H2,1H3,(H,24,28,29). The zero-order valence-corrected chi connectivity index (χ0v) is 16.5. The van der Waals surface area contributed by atoms with Crippen LogP contribution in [0.4, 0.5) is 11.6 Å². The molecule has 3 aliphatic rings. The largest absolute Gasteiger partial charge is 0.367 e. The summed E-state index contributed by atoms with van der Waals surface area (Å²) in [6.07, 6.45) is 6.96. The number of likely N-dealkylation sites (N-methyl/N-ethyl adjacent to an activating group) is 1. The van der Waals surface area contributed by atoms with E-state index in [4.69, 9.17) is 4.98 Å². The van der Waals surface area contributed by atoms with E-state index in [2.05, 4.69) is 38.6 Å². The highest BCUT2D eigenvalue weighted by molar-refractivity contribution is 6.15. The number of hydrogen-bond acceptors (Lipinski definition) is 7. The molecule has 3 fully saturated rings. The van der Waals surface area contributed by atoms with Crippen molar-refractivity contribution < 1.29 is 9.59 Å². The first-order valence-electron chi connectivity index (χ1n) is 10.2. The van der Waals surface area contributed by atoms with Gasteiger partial charge in [0.25, 0.3) is 5.91 Å². The predicted molar refractivity (Wildman–Crippen MR) is 110 cm³/mol. The van der Waals surface area contributed by atoms with E-state index in [-0.39, 0.29) is 18.2 Å². The van der Waals surface area contributed by atoms with Crippen molar-refractivity contribution in [3.8, 4) is 0 Å². The van der Waals surface area contributed by atoms with E-state index in [1.54, 1.807) is 16.8 Å². The van der Waals surface area contributed by atoms with Gasteiger partial charge in [-0.15, -0.1) is 0 Å². The molecule has 9 nitrogen and oxygen atoms in total. The molecule has 0 atom stereocenters. The molecule has 2 aliphatic heterocycles. The third-order valence-corrected chi connectivity index (χ3v) is 5.68. The molecule has 29 heavy (non-hydrogen) atoms. The quantitative estimate of drug-likeness (QED) is 0.586. The Morgan fingerprint density at radius 3 is 2.83 bits per heavy atom. The number of fused-ring (bicyclic) bond motifs is 1. The van der Waals surface area contributed by atoms with Crippen molar-refractivity contribution >= 4 is 35.2 Å². The minimum Gasteiger partial charge on any atom is -0.367 e. The number of imide groups is 1. The summed E-state index contributed by atoms with van der Waals surface area (Å²) in [5.41, 5.74) is 1.89. The Balaban J connectivity index is 1.56. The molecule has 2 amide bonds. The summed E-state index contributed by atoms with van der Waals surface area (Å²) in [5, 5.41) is 10.4. The zero-order chi connectivity index (χ0) is 20.0. The zero-order valence-electron chi connectivity index (χ0n) is 16.5. The number of carbonyl (C=O) groups excluding carboxylic acids is 2. The van der Waals surface area contributed by atoms with Gasteiger partial charge in [0.05, 0.1) is 12.6 Å². The molecule has 9 heteroatoms. The smallest absolute Gasteiger partial charge is 0.254 e. The highest BCUT2D eigenvalue weighted by Crippen LogP contribution is 2.29. The van der Waals surface area contributed by atoms with Crippen LogP contribution in [-0.4, -0.2) is 70.6 Å². The highest BCUT2D eigenvalue weighted by Gasteiger charge is 2.26. The normalized spacial score (nSPS) is 22.4. The van der Waals surface area contributed by atoms with E-state index < -0.39 is 0 Å². The Hall–Kier alpha value is -2.94. The SMILES string of the molecule is CN1CCCN(c2cc(NC3CC3)n3ncc(C=C4CC(=O)NC4=O)c3n2)CC1. The highest BCUT2D eigenvalue weighted by atomic mass is 16.2. The summed E-state index contributed by atoms with van der Waals surface area (Å²) in [6.45, 7) is 3.96. The lowest BCUT2D eigenvalue weighted by Gasteiger charge is -2.23. The van der Waals surface area contributed by atoms with Crippen molar-refractivity contribution in [2.75, 3.05) is 43.4 Å². The molecule has 5 rings (SSSR count). The van der Waals surface area contributed by atoms with Gasteiger partial charge in [0.2, 0.25) is 5.91 Å². The van der Waals surface area contributed by atoms with Crippen LogP contribution >= 0.6 is 0 Å². The van der Waals surface area contributed by atoms with E-state index >= 15 is 0 Å². The molecule has 0 aromatic carbocycles. The van der Waals surface area contributed by atoms with Crippen LogP contribution in [0.25, 0.3) is 11.7 Å². The number of nitrogens with zero attached hydrogens (tertiary/aromatic N) is 5. The van der Waals surface area contributed by atoms with E-state index in [1.165, 1.54) is 0 Å². The maximum atomic E-state index is 12.0. The first-order valence-corrected chi connectivity index (χ1v) is 10.2. The maximum absolute atomic E-state index is 12.0. The van der Waals surface area contributed by atoms with Crippen molar-refractivity contribution in [1.82, 2.24) is 24.8 Å². The summed E-state index contributed by atoms with van der Waals surface area (Å²) in [6, 6.07) is 2.56. The number of nitrogens with one attached hydrogen (secondary N) is 2. The molecule has 0 unspecified atom stereocenters. The van der Waals surface area contributed by atoms with Crippen molar-refractivity contribution in [2.45, 2.75) is 31.7 Å². The third-order valence-electron chi connectivity index (χ3n) is 5.68. The Bertz CT molecular complexity index is 1010. The molecule has 2 N–H and O–H groups in total. The van der Waals surface area contributed by atoms with Crippen LogP contribution < -0.4 is 15.5 Å². The van der Waals surface area contributed by atoms with Gasteiger partial charge < -0.3 is 15.1 Å². The van der Waals surface area contributed by atoms with Gasteiger partial charge in [-0.3, -0.25) is 14.9 Å². The number of rotatable bonds is 4. The van der Waals surface area contributed by atoms with Gasteiger partial charge in [0, 0.05) is 42.9 Å². The number of hydrogen-bond donors (Lipinski definition) is 2. The Morgan fingerprint density at radius 2 is 2.07 bits per heavy atom. The molecule has 2 aromatic rings. The summed E-state index contributed by atoms with van der Waals surface area (Å²) in [5.74, 6) is 1.23. The van der Waals surface area contributed by atoms with Crippen molar-refractivity contribution in [3.05, 3.63) is 23.4 Å². The van der Waals surface area contributed by atoms with Crippen LogP contribution in [0.15, 0.2) is 17.8 Å². The van der Waals surface area contributed by atoms with Crippen LogP contribution in [0.1, 0.15) is 31.2 Å². The lowest BCUT2D eigenvalue weighted by molar-refractivity contribution is -0.124. The van der Waals surface area contributed by atoms with E-state index in [9.17, 15) is 9.59 Å². The summed E-state index contributed by atoms with van der Waals surface area (Å²) in [7, 11) is 2.15. The van der Waals surface area contributed by atoms with Gasteiger partial charge >= 0.3 is 0 Å². The third kappa shape index (κ3) is 3.69. The van der Waals surface area contributed by atoms with Crippen molar-refractivity contribution in [2.24, 2.45) is 0 Å². The molecule has 2 aromatic heterocycles. The van der Waals surface area contributed by atoms with Gasteiger partial charge in [-0.1, -0.05) is 0 Å². The molecule has 2 saturated heterocycles. The first kappa shape index (κ1) is 18.1. The number of anilines is 2. The average molecular weight is 395 g/mol. The second kappa shape index (κ2) is 7.14. The van der Waals surface area contributed by atoms with Gasteiger partial charge in [0.1, 0.15) is 11.6 Å². The van der Waals surface area contributed by atoms with Crippen molar-refractivity contribution in [3.63, 3.8) is 0 Å². The van der Waals surface area contributed by atoms with Gasteiger partial charge in [0.15, 0.2) is 5.65 Å². The maximum Gasteiger partial charge on any atom is 0.254 e. The molecule has 1 aliphatic carbocycles. The van der Waals surface area contributed by atoms with E-state index in [0.29, 0.717) is 17.3 Å². The molecule has 1 saturated carbocycles. The van der Waals surface area contributed by atoms with Gasteiger partial charge in [-0.25, -0.2) is 4.98 Å². The Labute approximate surface area is 168 Å². The fourth-order valence-electron chi connectivity index (χ4n) is 3.85. The van der Waals surface area contributed by atoms with Crippen molar-refractivity contribution in [1.29, 1.82) is 0 Å². The molecular formula is C20H25N7O2. The van der Waals surface area contributed by atoms with Crippen LogP contribution in [0.2, 0.25) is 0 Å². The van der Waals surface area contributed by atoms with Gasteiger partial charge in [-0.05, 0) is 38.9 Å². The number of aromatic nitrogens is 3. The lowest BCUT2D eigenvalue weighted by atomic mass is 10.1. The van der Waals surface area contributed by atoms with E-state index in [0.717, 1.165) is 62.6 Å². The minimum atomic E-state index is -0.336. The Kier molecular flexibility index (Phi) is 4.46. The fraction of sp³-hybridized carbons (Fsp3) is 0.500. The average Bonchev–Trinajstić information content (AvgIpc) is 3.38. The molecular weight excluding hydrogens is 370 g/mol. The molecule has 152 valence electrons. The molecule has 4 heterocycles. The van der Waals surface area contributed by atoms with E-state index in [1.807, 2.05) is 0 Å². The molecule has 0 radical (unpaired) electrons. The topological polar surface area (TPSA) is 94.9 Å². The summed E-state index contributed by atoms with van der Waals surface area (Å²) < 4.78 is 1.80. The fourth-order valence-corrected chi connectivity index (χ4v) is 3.85.